The van der Waals surface area contributed by atoms with Gasteiger partial charge in [0, 0.05) is 0 Å². The van der Waals surface area contributed by atoms with E-state index in [1.54, 1.807) is 26.2 Å². The minimum absolute atomic E-state index is 0.154. The summed E-state index contributed by atoms with van der Waals surface area (Å²) in [5.74, 6) is 0.249. The van der Waals surface area contributed by atoms with E-state index in [1.165, 1.54) is 0 Å². The summed E-state index contributed by atoms with van der Waals surface area (Å²) in [6, 6.07) is 7.25. The van der Waals surface area contributed by atoms with Crippen molar-refractivity contribution in [2.45, 2.75) is 6.92 Å². The lowest BCUT2D eigenvalue weighted by Gasteiger charge is -2.08. The molecule has 0 saturated carbocycles. The fourth-order valence-corrected chi connectivity index (χ4v) is 1.53. The fourth-order valence-electron chi connectivity index (χ4n) is 1.53. The van der Waals surface area contributed by atoms with E-state index < -0.39 is 5.82 Å². The number of nitrogens with two attached hydrogens (primary N) is 1. The standard InChI is InChI=1S/C12H12FN3O/c1-7-10(13)11(14)16-12(15-7)8-5-3-4-6-9(8)17-2/h3-6H,1-2H3,(H2,14,15,16). The molecule has 1 aromatic heterocycles. The van der Waals surface area contributed by atoms with Crippen LogP contribution in [0.15, 0.2) is 24.3 Å². The van der Waals surface area contributed by atoms with Crippen LogP contribution in [0.4, 0.5) is 10.2 Å². The quantitative estimate of drug-likeness (QED) is 0.863. The van der Waals surface area contributed by atoms with Crippen LogP contribution in [0.1, 0.15) is 5.69 Å². The number of nitrogens with zero attached hydrogens (tertiary/aromatic N) is 2. The molecule has 0 amide bonds. The highest BCUT2D eigenvalue weighted by atomic mass is 19.1. The smallest absolute Gasteiger partial charge is 0.186 e. The first kappa shape index (κ1) is 11.3. The number of benzene rings is 1. The van der Waals surface area contributed by atoms with Crippen molar-refractivity contribution in [1.82, 2.24) is 9.97 Å². The van der Waals surface area contributed by atoms with Crippen LogP contribution < -0.4 is 10.5 Å². The third-order valence-corrected chi connectivity index (χ3v) is 2.39. The first-order valence-corrected chi connectivity index (χ1v) is 5.06. The predicted molar refractivity (Wildman–Crippen MR) is 63.1 cm³/mol. The Hall–Kier alpha value is -2.17. The lowest BCUT2D eigenvalue weighted by Crippen LogP contribution is -2.03. The molecule has 0 aliphatic carbocycles. The van der Waals surface area contributed by atoms with E-state index >= 15 is 0 Å². The lowest BCUT2D eigenvalue weighted by molar-refractivity contribution is 0.416. The summed E-state index contributed by atoms with van der Waals surface area (Å²) in [7, 11) is 1.55. The zero-order valence-electron chi connectivity index (χ0n) is 9.57. The van der Waals surface area contributed by atoms with Gasteiger partial charge in [0.25, 0.3) is 0 Å². The first-order chi connectivity index (χ1) is 8.13. The van der Waals surface area contributed by atoms with Gasteiger partial charge in [0.1, 0.15) is 5.75 Å². The van der Waals surface area contributed by atoms with E-state index in [4.69, 9.17) is 10.5 Å². The number of hydrogen-bond donors (Lipinski definition) is 1. The monoisotopic (exact) mass is 233 g/mol. The first-order valence-electron chi connectivity index (χ1n) is 5.06. The van der Waals surface area contributed by atoms with Crippen LogP contribution in [0.2, 0.25) is 0 Å². The molecular formula is C12H12FN3O. The number of methoxy groups -OCH3 is 1. The van der Waals surface area contributed by atoms with Gasteiger partial charge in [-0.05, 0) is 19.1 Å². The number of rotatable bonds is 2. The second kappa shape index (κ2) is 4.37. The molecule has 0 radical (unpaired) electrons. The van der Waals surface area contributed by atoms with Gasteiger partial charge >= 0.3 is 0 Å². The number of anilines is 1. The number of nitrogen functional groups attached to an aromatic ring is 1. The molecular weight excluding hydrogens is 221 g/mol. The number of hydrogen-bond acceptors (Lipinski definition) is 4. The number of aromatic nitrogens is 2. The fraction of sp³-hybridized carbons (Fsp3) is 0.167. The zero-order chi connectivity index (χ0) is 12.4. The maximum atomic E-state index is 13.3. The average molecular weight is 233 g/mol. The van der Waals surface area contributed by atoms with Gasteiger partial charge in [-0.15, -0.1) is 0 Å². The van der Waals surface area contributed by atoms with Crippen molar-refractivity contribution in [1.29, 1.82) is 0 Å². The predicted octanol–water partition coefficient (Wildman–Crippen LogP) is 2.18. The minimum atomic E-state index is -0.580. The molecule has 0 aliphatic heterocycles. The molecule has 0 unspecified atom stereocenters. The van der Waals surface area contributed by atoms with Crippen molar-refractivity contribution < 1.29 is 9.13 Å². The summed E-state index contributed by atoms with van der Waals surface area (Å²) in [6.07, 6.45) is 0. The summed E-state index contributed by atoms with van der Waals surface area (Å²) in [5, 5.41) is 0. The average Bonchev–Trinajstić information content (AvgIpc) is 2.35. The van der Waals surface area contributed by atoms with Crippen molar-refractivity contribution in [3.8, 4) is 17.1 Å². The Kier molecular flexibility index (Phi) is 2.91. The summed E-state index contributed by atoms with van der Waals surface area (Å²) < 4.78 is 18.5. The second-order valence-electron chi connectivity index (χ2n) is 3.53. The van der Waals surface area contributed by atoms with E-state index in [1.807, 2.05) is 12.1 Å². The van der Waals surface area contributed by atoms with Crippen molar-refractivity contribution >= 4 is 5.82 Å². The Morgan fingerprint density at radius 3 is 2.59 bits per heavy atom. The van der Waals surface area contributed by atoms with Crippen LogP contribution in [-0.2, 0) is 0 Å². The van der Waals surface area contributed by atoms with Gasteiger partial charge in [-0.3, -0.25) is 0 Å². The van der Waals surface area contributed by atoms with Gasteiger partial charge < -0.3 is 10.5 Å². The maximum Gasteiger partial charge on any atom is 0.186 e. The van der Waals surface area contributed by atoms with Crippen LogP contribution in [0.25, 0.3) is 11.4 Å². The van der Waals surface area contributed by atoms with E-state index in [2.05, 4.69) is 9.97 Å². The molecule has 0 spiro atoms. The Morgan fingerprint density at radius 2 is 1.94 bits per heavy atom. The van der Waals surface area contributed by atoms with Gasteiger partial charge in [0.15, 0.2) is 17.5 Å². The van der Waals surface area contributed by atoms with Gasteiger partial charge in [-0.1, -0.05) is 12.1 Å². The Bertz CT molecular complexity index is 534. The SMILES string of the molecule is COc1ccccc1-c1nc(C)c(F)c(N)n1. The van der Waals surface area contributed by atoms with E-state index in [0.717, 1.165) is 0 Å². The molecule has 88 valence electrons. The second-order valence-corrected chi connectivity index (χ2v) is 3.53. The summed E-state index contributed by atoms with van der Waals surface area (Å²) >= 11 is 0. The van der Waals surface area contributed by atoms with Crippen molar-refractivity contribution in [2.75, 3.05) is 12.8 Å². The topological polar surface area (TPSA) is 61.0 Å². The molecule has 2 N–H and O–H groups in total. The molecule has 0 saturated heterocycles. The highest BCUT2D eigenvalue weighted by Crippen LogP contribution is 2.28. The maximum absolute atomic E-state index is 13.3. The van der Waals surface area contributed by atoms with E-state index in [-0.39, 0.29) is 11.5 Å². The van der Waals surface area contributed by atoms with Crippen LogP contribution in [-0.4, -0.2) is 17.1 Å². The van der Waals surface area contributed by atoms with Crippen molar-refractivity contribution in [3.05, 3.63) is 35.8 Å². The molecule has 0 atom stereocenters. The van der Waals surface area contributed by atoms with Gasteiger partial charge in [0.2, 0.25) is 0 Å². The summed E-state index contributed by atoms with van der Waals surface area (Å²) in [6.45, 7) is 1.55. The molecule has 0 fully saturated rings. The third-order valence-electron chi connectivity index (χ3n) is 2.39. The summed E-state index contributed by atoms with van der Waals surface area (Å²) in [5.41, 5.74) is 6.39. The van der Waals surface area contributed by atoms with Crippen LogP contribution in [0.5, 0.6) is 5.75 Å². The number of ether oxygens (including phenoxy) is 1. The van der Waals surface area contributed by atoms with Gasteiger partial charge in [-0.2, -0.15) is 0 Å². The molecule has 2 aromatic rings. The van der Waals surface area contributed by atoms with Crippen LogP contribution in [0, 0.1) is 12.7 Å². The molecule has 1 aromatic carbocycles. The number of para-hydroxylation sites is 1. The molecule has 0 aliphatic rings. The van der Waals surface area contributed by atoms with E-state index in [9.17, 15) is 4.39 Å². The van der Waals surface area contributed by atoms with Gasteiger partial charge in [-0.25, -0.2) is 14.4 Å². The molecule has 17 heavy (non-hydrogen) atoms. The largest absolute Gasteiger partial charge is 0.496 e. The highest BCUT2D eigenvalue weighted by molar-refractivity contribution is 5.65. The minimum Gasteiger partial charge on any atom is -0.496 e. The van der Waals surface area contributed by atoms with Crippen molar-refractivity contribution in [2.24, 2.45) is 0 Å². The molecule has 5 heteroatoms. The van der Waals surface area contributed by atoms with Gasteiger partial charge in [0.05, 0.1) is 18.4 Å². The Labute approximate surface area is 98.3 Å². The molecule has 4 nitrogen and oxygen atoms in total. The van der Waals surface area contributed by atoms with Crippen molar-refractivity contribution in [3.63, 3.8) is 0 Å². The third kappa shape index (κ3) is 2.04. The molecule has 1 heterocycles. The van der Waals surface area contributed by atoms with E-state index in [0.29, 0.717) is 17.1 Å². The lowest BCUT2D eigenvalue weighted by atomic mass is 10.2. The Morgan fingerprint density at radius 1 is 1.24 bits per heavy atom. The van der Waals surface area contributed by atoms with Crippen LogP contribution in [0.3, 0.4) is 0 Å². The van der Waals surface area contributed by atoms with Crippen LogP contribution >= 0.6 is 0 Å². The Balaban J connectivity index is 2.61. The number of halogens is 1. The summed E-state index contributed by atoms with van der Waals surface area (Å²) in [4.78, 5) is 7.99. The molecule has 0 bridgehead atoms. The molecule has 2 rings (SSSR count). The number of aryl methyl sites for hydroxylation is 1. The normalized spacial score (nSPS) is 10.3. The zero-order valence-corrected chi connectivity index (χ0v) is 9.57. The highest BCUT2D eigenvalue weighted by Gasteiger charge is 2.12.